The highest BCUT2D eigenvalue weighted by Gasteiger charge is 2.47. The molecule has 4 aliphatic rings. The first-order valence-corrected chi connectivity index (χ1v) is 11.8. The number of likely N-dealkylation sites (tertiary alicyclic amines) is 1. The summed E-state index contributed by atoms with van der Waals surface area (Å²) in [6.07, 6.45) is 10.5. The van der Waals surface area contributed by atoms with Gasteiger partial charge in [0.25, 0.3) is 5.91 Å². The largest absolute Gasteiger partial charge is 0.358 e. The van der Waals surface area contributed by atoms with Crippen LogP contribution in [0.1, 0.15) is 48.9 Å². The standard InChI is InChI=1S/C25H27F2N3O2/c26-17-10-18-22(20(27)11-17)28-12-19(24(18)31)25(32)30-7-3-4-14-8-15-9-16(23(14)30)13-29-6-2-1-5-21(15)29/h8,10-12,15-16,21,23H,1-7,9,13H2,(H,28,31)/t15-,16-,21-,23+/m0/s1. The highest BCUT2D eigenvalue weighted by atomic mass is 19.1. The quantitative estimate of drug-likeness (QED) is 0.687. The second kappa shape index (κ2) is 7.51. The van der Waals surface area contributed by atoms with Crippen molar-refractivity contribution in [3.05, 3.63) is 57.4 Å². The molecule has 0 radical (unpaired) electrons. The summed E-state index contributed by atoms with van der Waals surface area (Å²) in [4.78, 5) is 33.8. The molecule has 2 bridgehead atoms. The van der Waals surface area contributed by atoms with E-state index in [-0.39, 0.29) is 28.4 Å². The molecule has 1 amide bonds. The molecule has 7 heteroatoms. The summed E-state index contributed by atoms with van der Waals surface area (Å²) in [6, 6.07) is 2.37. The lowest BCUT2D eigenvalue weighted by molar-refractivity contribution is 0.00143. The van der Waals surface area contributed by atoms with Gasteiger partial charge in [-0.3, -0.25) is 14.5 Å². The van der Waals surface area contributed by atoms with Crippen LogP contribution in [0.3, 0.4) is 0 Å². The Morgan fingerprint density at radius 2 is 2.00 bits per heavy atom. The molecule has 1 aromatic carbocycles. The average Bonchev–Trinajstić information content (AvgIpc) is 2.79. The Balaban J connectivity index is 1.37. The second-order valence-electron chi connectivity index (χ2n) is 9.85. The van der Waals surface area contributed by atoms with E-state index in [1.807, 2.05) is 4.90 Å². The Morgan fingerprint density at radius 1 is 1.12 bits per heavy atom. The van der Waals surface area contributed by atoms with Crippen LogP contribution in [0.5, 0.6) is 0 Å². The summed E-state index contributed by atoms with van der Waals surface area (Å²) in [5.74, 6) is -1.08. The zero-order chi connectivity index (χ0) is 22.0. The van der Waals surface area contributed by atoms with Crippen LogP contribution in [-0.2, 0) is 0 Å². The van der Waals surface area contributed by atoms with Crippen molar-refractivity contribution in [1.82, 2.24) is 14.8 Å². The van der Waals surface area contributed by atoms with Gasteiger partial charge in [-0.1, -0.05) is 18.1 Å². The number of pyridine rings is 1. The van der Waals surface area contributed by atoms with Crippen LogP contribution in [0.2, 0.25) is 0 Å². The number of carbonyl (C=O) groups is 1. The SMILES string of the molecule is O=C(c1c[nH]c2c(F)cc(F)cc2c1=O)N1CCCC2=C[C@H]3C[C@@H](CN4CCCC[C@@H]34)[C@@H]21. The Bertz CT molecular complexity index is 1190. The van der Waals surface area contributed by atoms with Crippen molar-refractivity contribution < 1.29 is 13.6 Å². The summed E-state index contributed by atoms with van der Waals surface area (Å²) >= 11 is 0. The van der Waals surface area contributed by atoms with E-state index in [9.17, 15) is 18.4 Å². The van der Waals surface area contributed by atoms with E-state index >= 15 is 0 Å². The first kappa shape index (κ1) is 20.1. The van der Waals surface area contributed by atoms with Gasteiger partial charge in [0, 0.05) is 31.4 Å². The third kappa shape index (κ3) is 3.04. The molecule has 1 N–H and O–H groups in total. The van der Waals surface area contributed by atoms with E-state index in [2.05, 4.69) is 16.0 Å². The second-order valence-corrected chi connectivity index (χ2v) is 9.85. The number of carbonyl (C=O) groups excluding carboxylic acids is 1. The van der Waals surface area contributed by atoms with Crippen LogP contribution >= 0.6 is 0 Å². The predicted molar refractivity (Wildman–Crippen MR) is 117 cm³/mol. The lowest BCUT2D eigenvalue weighted by atomic mass is 9.68. The van der Waals surface area contributed by atoms with Crippen molar-refractivity contribution in [3.63, 3.8) is 0 Å². The van der Waals surface area contributed by atoms with Crippen molar-refractivity contribution in [2.24, 2.45) is 11.8 Å². The highest BCUT2D eigenvalue weighted by Crippen LogP contribution is 2.45. The molecule has 0 saturated carbocycles. The molecule has 0 unspecified atom stereocenters. The summed E-state index contributed by atoms with van der Waals surface area (Å²) < 4.78 is 27.9. The van der Waals surface area contributed by atoms with Gasteiger partial charge in [-0.15, -0.1) is 0 Å². The smallest absolute Gasteiger partial charge is 0.259 e. The van der Waals surface area contributed by atoms with Crippen LogP contribution in [0.15, 0.2) is 34.8 Å². The highest BCUT2D eigenvalue weighted by molar-refractivity contribution is 5.97. The molecule has 4 atom stereocenters. The number of H-pyrrole nitrogens is 1. The summed E-state index contributed by atoms with van der Waals surface area (Å²) in [5, 5.41) is -0.126. The predicted octanol–water partition coefficient (Wildman–Crippen LogP) is 3.84. The molecular weight excluding hydrogens is 412 g/mol. The molecule has 0 spiro atoms. The number of aromatic amines is 1. The fourth-order valence-corrected chi connectivity index (χ4v) is 6.77. The van der Waals surface area contributed by atoms with E-state index in [0.29, 0.717) is 24.4 Å². The molecule has 3 saturated heterocycles. The van der Waals surface area contributed by atoms with Crippen LogP contribution < -0.4 is 5.43 Å². The first-order chi connectivity index (χ1) is 15.5. The molecule has 32 heavy (non-hydrogen) atoms. The van der Waals surface area contributed by atoms with Gasteiger partial charge in [-0.25, -0.2) is 8.78 Å². The molecule has 5 nitrogen and oxygen atoms in total. The number of hydrogen-bond acceptors (Lipinski definition) is 3. The molecule has 168 valence electrons. The maximum absolute atomic E-state index is 14.1. The van der Waals surface area contributed by atoms with Gasteiger partial charge in [0.2, 0.25) is 5.43 Å². The lowest BCUT2D eigenvalue weighted by Gasteiger charge is -2.54. The molecule has 3 aliphatic heterocycles. The van der Waals surface area contributed by atoms with Gasteiger partial charge in [0.15, 0.2) is 0 Å². The van der Waals surface area contributed by atoms with Crippen LogP contribution in [-0.4, -0.2) is 52.4 Å². The Labute approximate surface area is 185 Å². The van der Waals surface area contributed by atoms with E-state index in [4.69, 9.17) is 0 Å². The van der Waals surface area contributed by atoms with E-state index in [1.54, 1.807) is 0 Å². The van der Waals surface area contributed by atoms with Gasteiger partial charge >= 0.3 is 0 Å². The number of aromatic nitrogens is 1. The molecule has 3 fully saturated rings. The normalized spacial score (nSPS) is 29.9. The zero-order valence-electron chi connectivity index (χ0n) is 17.9. The molecule has 1 aromatic heterocycles. The van der Waals surface area contributed by atoms with Crippen molar-refractivity contribution in [2.75, 3.05) is 19.6 Å². The number of benzene rings is 1. The van der Waals surface area contributed by atoms with Crippen molar-refractivity contribution >= 4 is 16.8 Å². The first-order valence-electron chi connectivity index (χ1n) is 11.8. The van der Waals surface area contributed by atoms with Crippen molar-refractivity contribution in [2.45, 2.75) is 50.6 Å². The van der Waals surface area contributed by atoms with Crippen molar-refractivity contribution in [3.8, 4) is 0 Å². The number of nitrogens with zero attached hydrogens (tertiary/aromatic N) is 2. The van der Waals surface area contributed by atoms with E-state index < -0.39 is 17.1 Å². The maximum Gasteiger partial charge on any atom is 0.259 e. The maximum atomic E-state index is 14.1. The Hall–Kier alpha value is -2.54. The number of nitrogens with one attached hydrogen (secondary N) is 1. The van der Waals surface area contributed by atoms with Gasteiger partial charge in [-0.2, -0.15) is 0 Å². The summed E-state index contributed by atoms with van der Waals surface area (Å²) in [7, 11) is 0. The lowest BCUT2D eigenvalue weighted by Crippen LogP contribution is -2.60. The Morgan fingerprint density at radius 3 is 2.88 bits per heavy atom. The fourth-order valence-electron chi connectivity index (χ4n) is 6.77. The molecule has 4 heterocycles. The minimum atomic E-state index is -0.837. The fraction of sp³-hybridized carbons (Fsp3) is 0.520. The van der Waals surface area contributed by atoms with Gasteiger partial charge in [-0.05, 0) is 56.6 Å². The molecule has 1 aliphatic carbocycles. The van der Waals surface area contributed by atoms with Crippen LogP contribution in [0, 0.1) is 23.5 Å². The van der Waals surface area contributed by atoms with E-state index in [1.165, 1.54) is 31.0 Å². The Kier molecular flexibility index (Phi) is 4.72. The minimum Gasteiger partial charge on any atom is -0.358 e. The number of halogens is 2. The van der Waals surface area contributed by atoms with Gasteiger partial charge in [0.1, 0.15) is 17.2 Å². The monoisotopic (exact) mass is 439 g/mol. The summed E-state index contributed by atoms with van der Waals surface area (Å²) in [5.41, 5.74) is 0.602. The number of piperidine rings is 3. The summed E-state index contributed by atoms with van der Waals surface area (Å²) in [6.45, 7) is 2.72. The van der Waals surface area contributed by atoms with Gasteiger partial charge < -0.3 is 9.88 Å². The third-order valence-electron chi connectivity index (χ3n) is 8.05. The third-order valence-corrected chi connectivity index (χ3v) is 8.05. The number of amides is 1. The van der Waals surface area contributed by atoms with Crippen molar-refractivity contribution in [1.29, 1.82) is 0 Å². The number of hydrogen-bond donors (Lipinski definition) is 1. The number of fused-ring (bicyclic) bond motifs is 7. The molecular formula is C25H27F2N3O2. The van der Waals surface area contributed by atoms with E-state index in [0.717, 1.165) is 44.5 Å². The van der Waals surface area contributed by atoms with Crippen LogP contribution in [0.4, 0.5) is 8.78 Å². The molecule has 6 rings (SSSR count). The topological polar surface area (TPSA) is 56.4 Å². The zero-order valence-corrected chi connectivity index (χ0v) is 17.9. The number of rotatable bonds is 1. The average molecular weight is 440 g/mol. The van der Waals surface area contributed by atoms with Crippen LogP contribution in [0.25, 0.3) is 10.9 Å². The van der Waals surface area contributed by atoms with Gasteiger partial charge in [0.05, 0.1) is 16.9 Å². The molecule has 2 aromatic rings. The minimum absolute atomic E-state index is 0.00900.